The van der Waals surface area contributed by atoms with Crippen LogP contribution >= 0.6 is 0 Å². The Balaban J connectivity index is 2.87. The van der Waals surface area contributed by atoms with Crippen molar-refractivity contribution in [3.05, 3.63) is 39.7 Å². The van der Waals surface area contributed by atoms with E-state index in [-0.39, 0.29) is 17.3 Å². The van der Waals surface area contributed by atoms with Gasteiger partial charge in [-0.2, -0.15) is 0 Å². The molecule has 0 radical (unpaired) electrons. The van der Waals surface area contributed by atoms with Crippen LogP contribution in [0.2, 0.25) is 0 Å². The second kappa shape index (κ2) is 8.12. The molecule has 1 aromatic heterocycles. The highest BCUT2D eigenvalue weighted by Crippen LogP contribution is 2.05. The predicted octanol–water partition coefficient (Wildman–Crippen LogP) is 1.27. The van der Waals surface area contributed by atoms with Gasteiger partial charge >= 0.3 is 0 Å². The zero-order chi connectivity index (χ0) is 16.5. The number of allylic oxidation sites excluding steroid dienone is 1. The number of hydrogen-bond donors (Lipinski definition) is 2. The Morgan fingerprint density at radius 3 is 2.86 bits per heavy atom. The summed E-state index contributed by atoms with van der Waals surface area (Å²) in [4.78, 5) is 37.2. The number of aryl methyl sites for hydroxylation is 1. The van der Waals surface area contributed by atoms with Crippen molar-refractivity contribution >= 4 is 24.0 Å². The zero-order valence-electron chi connectivity index (χ0n) is 11.9. The van der Waals surface area contributed by atoms with Crippen molar-refractivity contribution < 1.29 is 14.7 Å². The lowest BCUT2D eigenvalue weighted by Crippen LogP contribution is -2.34. The van der Waals surface area contributed by atoms with Crippen LogP contribution in [0.15, 0.2) is 33.7 Å². The fourth-order valence-corrected chi connectivity index (χ4v) is 1.27. The minimum Gasteiger partial charge on any atom is -0.512 e. The number of aromatic nitrogens is 2. The number of amides is 2. The van der Waals surface area contributed by atoms with Crippen molar-refractivity contribution in [3.63, 3.8) is 0 Å². The van der Waals surface area contributed by atoms with E-state index in [0.717, 1.165) is 6.21 Å². The van der Waals surface area contributed by atoms with E-state index in [4.69, 9.17) is 5.53 Å². The third-order valence-electron chi connectivity index (χ3n) is 2.26. The molecule has 0 aliphatic rings. The number of aliphatic imine (C=N–C) groups is 1. The van der Waals surface area contributed by atoms with E-state index in [2.05, 4.69) is 25.0 Å². The summed E-state index contributed by atoms with van der Waals surface area (Å²) in [5.74, 6) is -1.92. The van der Waals surface area contributed by atoms with E-state index in [1.807, 2.05) is 5.32 Å². The Hall–Kier alpha value is -3.26. The monoisotopic (exact) mass is 303 g/mol. The first kappa shape index (κ1) is 16.8. The van der Waals surface area contributed by atoms with Gasteiger partial charge in [0.25, 0.3) is 5.91 Å². The number of nitrogens with one attached hydrogen (secondary N) is 1. The van der Waals surface area contributed by atoms with Gasteiger partial charge in [0.15, 0.2) is 0 Å². The third-order valence-corrected chi connectivity index (χ3v) is 2.26. The van der Waals surface area contributed by atoms with E-state index < -0.39 is 18.4 Å². The SMILES string of the molecule is C/C(O)=C(/C=N/c1nccc(C)n1)C(=O)NC(=O)CN=[N+]=[N-]. The lowest BCUT2D eigenvalue weighted by molar-refractivity contribution is -0.127. The average molecular weight is 303 g/mol. The number of rotatable bonds is 5. The quantitative estimate of drug-likeness (QED) is 0.209. The van der Waals surface area contributed by atoms with Gasteiger partial charge in [-0.3, -0.25) is 14.9 Å². The Kier molecular flexibility index (Phi) is 6.20. The molecule has 0 aliphatic carbocycles. The van der Waals surface area contributed by atoms with Gasteiger partial charge in [-0.1, -0.05) is 5.11 Å². The van der Waals surface area contributed by atoms with Gasteiger partial charge in [-0.25, -0.2) is 15.0 Å². The number of hydrogen-bond acceptors (Lipinski definition) is 7. The summed E-state index contributed by atoms with van der Waals surface area (Å²) in [6, 6.07) is 1.67. The van der Waals surface area contributed by atoms with Crippen LogP contribution in [0, 0.1) is 6.92 Å². The standard InChI is InChI=1S/C12H13N7O3/c1-7-3-4-14-12(17-7)15-5-9(8(2)20)11(22)18-10(21)6-16-19-13/h3-5,20H,6H2,1-2H3,(H,18,21,22)/b9-8+,15-5+. The van der Waals surface area contributed by atoms with Crippen LogP contribution in [0.4, 0.5) is 5.95 Å². The van der Waals surface area contributed by atoms with E-state index in [1.54, 1.807) is 13.0 Å². The third kappa shape index (κ3) is 5.39. The number of carbonyl (C=O) groups is 2. The summed E-state index contributed by atoms with van der Waals surface area (Å²) in [6.45, 7) is 2.48. The van der Waals surface area contributed by atoms with Gasteiger partial charge in [0.05, 0.1) is 5.57 Å². The molecule has 2 N–H and O–H groups in total. The van der Waals surface area contributed by atoms with Crippen molar-refractivity contribution in [1.29, 1.82) is 0 Å². The lowest BCUT2D eigenvalue weighted by Gasteiger charge is -2.03. The van der Waals surface area contributed by atoms with Crippen LogP contribution in [0.5, 0.6) is 0 Å². The number of carbonyl (C=O) groups excluding carboxylic acids is 2. The number of aliphatic hydroxyl groups is 1. The fourth-order valence-electron chi connectivity index (χ4n) is 1.27. The maximum absolute atomic E-state index is 11.8. The van der Waals surface area contributed by atoms with Crippen molar-refractivity contribution in [3.8, 4) is 0 Å². The van der Waals surface area contributed by atoms with Crippen LogP contribution in [-0.2, 0) is 9.59 Å². The molecule has 1 rings (SSSR count). The largest absolute Gasteiger partial charge is 0.512 e. The van der Waals surface area contributed by atoms with Crippen LogP contribution in [0.1, 0.15) is 12.6 Å². The first-order chi connectivity index (χ1) is 10.4. The van der Waals surface area contributed by atoms with Crippen LogP contribution in [0.3, 0.4) is 0 Å². The summed E-state index contributed by atoms with van der Waals surface area (Å²) in [5.41, 5.74) is 8.53. The van der Waals surface area contributed by atoms with Gasteiger partial charge in [0.2, 0.25) is 11.9 Å². The summed E-state index contributed by atoms with van der Waals surface area (Å²) in [7, 11) is 0. The highest BCUT2D eigenvalue weighted by atomic mass is 16.3. The smallest absolute Gasteiger partial charge is 0.262 e. The lowest BCUT2D eigenvalue weighted by atomic mass is 10.2. The highest BCUT2D eigenvalue weighted by molar-refractivity contribution is 6.17. The van der Waals surface area contributed by atoms with E-state index in [9.17, 15) is 14.7 Å². The summed E-state index contributed by atoms with van der Waals surface area (Å²) in [5, 5.41) is 14.5. The van der Waals surface area contributed by atoms with Crippen LogP contribution in [0.25, 0.3) is 10.4 Å². The topological polar surface area (TPSA) is 153 Å². The van der Waals surface area contributed by atoms with Crippen molar-refractivity contribution in [2.75, 3.05) is 6.54 Å². The van der Waals surface area contributed by atoms with Gasteiger partial charge in [0.1, 0.15) is 12.3 Å². The summed E-state index contributed by atoms with van der Waals surface area (Å²) < 4.78 is 0. The second-order valence-corrected chi connectivity index (χ2v) is 4.02. The summed E-state index contributed by atoms with van der Waals surface area (Å²) >= 11 is 0. The fraction of sp³-hybridized carbons (Fsp3) is 0.250. The molecule has 0 unspecified atom stereocenters. The molecule has 1 heterocycles. The predicted molar refractivity (Wildman–Crippen MR) is 77.4 cm³/mol. The van der Waals surface area contributed by atoms with Crippen molar-refractivity contribution in [2.45, 2.75) is 13.8 Å². The Morgan fingerprint density at radius 1 is 1.55 bits per heavy atom. The normalized spacial score (nSPS) is 11.5. The molecule has 0 bridgehead atoms. The van der Waals surface area contributed by atoms with Gasteiger partial charge < -0.3 is 5.11 Å². The van der Waals surface area contributed by atoms with Crippen molar-refractivity contribution in [2.24, 2.45) is 10.1 Å². The molecule has 0 saturated heterocycles. The molecule has 1 aromatic rings. The highest BCUT2D eigenvalue weighted by Gasteiger charge is 2.14. The Bertz CT molecular complexity index is 686. The minimum absolute atomic E-state index is 0.104. The van der Waals surface area contributed by atoms with Gasteiger partial charge in [-0.05, 0) is 25.4 Å². The molecule has 114 valence electrons. The summed E-state index contributed by atoms with van der Waals surface area (Å²) in [6.07, 6.45) is 2.54. The molecule has 0 aromatic carbocycles. The molecule has 2 amide bonds. The van der Waals surface area contributed by atoms with Crippen LogP contribution in [-0.4, -0.2) is 39.6 Å². The molecule has 22 heavy (non-hydrogen) atoms. The number of azide groups is 1. The zero-order valence-corrected chi connectivity index (χ0v) is 11.9. The first-order valence-electron chi connectivity index (χ1n) is 6.02. The molecular weight excluding hydrogens is 290 g/mol. The van der Waals surface area contributed by atoms with E-state index in [1.165, 1.54) is 13.1 Å². The van der Waals surface area contributed by atoms with Gasteiger partial charge in [-0.15, -0.1) is 0 Å². The molecule has 10 nitrogen and oxygen atoms in total. The maximum atomic E-state index is 11.8. The van der Waals surface area contributed by atoms with E-state index in [0.29, 0.717) is 5.69 Å². The molecular formula is C12H13N7O3. The Morgan fingerprint density at radius 2 is 2.27 bits per heavy atom. The Labute approximate surface area is 125 Å². The number of imide groups is 1. The molecule has 0 saturated carbocycles. The molecule has 0 spiro atoms. The molecule has 0 fully saturated rings. The van der Waals surface area contributed by atoms with Crippen molar-refractivity contribution in [1.82, 2.24) is 15.3 Å². The first-order valence-corrected chi connectivity index (χ1v) is 6.02. The molecule has 0 atom stereocenters. The van der Waals surface area contributed by atoms with Gasteiger partial charge in [0, 0.05) is 23.0 Å². The molecule has 10 heteroatoms. The number of aliphatic hydroxyl groups excluding tert-OH is 1. The van der Waals surface area contributed by atoms with E-state index >= 15 is 0 Å². The minimum atomic E-state index is -0.880. The molecule has 0 aliphatic heterocycles. The van der Waals surface area contributed by atoms with Crippen LogP contribution < -0.4 is 5.32 Å². The maximum Gasteiger partial charge on any atom is 0.262 e. The second-order valence-electron chi connectivity index (χ2n) is 4.02. The average Bonchev–Trinajstić information content (AvgIpc) is 2.45. The number of nitrogens with zero attached hydrogens (tertiary/aromatic N) is 6.